The average Bonchev–Trinajstić information content (AvgIpc) is 3.83. The highest BCUT2D eigenvalue weighted by Gasteiger charge is 2.40. The number of pyridine rings is 1. The molecular weight excluding hydrogens is 829 g/mol. The van der Waals surface area contributed by atoms with Crippen molar-refractivity contribution in [1.82, 2.24) is 4.98 Å². The minimum absolute atomic E-state index is 0.543. The van der Waals surface area contributed by atoms with Crippen molar-refractivity contribution >= 4 is 68.5 Å². The van der Waals surface area contributed by atoms with Gasteiger partial charge in [0.1, 0.15) is 23.0 Å². The summed E-state index contributed by atoms with van der Waals surface area (Å²) in [7, 11) is 0. The van der Waals surface area contributed by atoms with Crippen LogP contribution in [0.1, 0.15) is 50.1 Å². The standard InChI is InChI=1S/C62H48N6/c63-41-50-59(65-51-25-9-1-17-42(51)33-34-43-18-2-10-26-52(43)65)61(67-55-29-13-5-21-46(55)37-38-47-22-6-14-30-56(47)67)64-62(68-57-31-15-7-23-48(57)39-40-49-24-8-16-32-58(49)68)60(50)66-53-27-11-3-19-44(53)35-36-45-20-4-12-28-54(45)66/h1-32H,33-40H2. The first kappa shape index (κ1) is 39.9. The summed E-state index contributed by atoms with van der Waals surface area (Å²) in [5.41, 5.74) is 20.3. The van der Waals surface area contributed by atoms with Gasteiger partial charge in [0.05, 0.1) is 22.7 Å². The van der Waals surface area contributed by atoms with Gasteiger partial charge in [0.15, 0.2) is 11.6 Å². The summed E-state index contributed by atoms with van der Waals surface area (Å²) in [6.45, 7) is 0. The van der Waals surface area contributed by atoms with E-state index in [9.17, 15) is 5.26 Å². The van der Waals surface area contributed by atoms with Gasteiger partial charge in [-0.25, -0.2) is 4.98 Å². The first-order chi connectivity index (χ1) is 33.7. The normalized spacial score (nSPS) is 14.5. The number of anilines is 12. The number of fused-ring (bicyclic) bond motifs is 8. The molecule has 0 amide bonds. The predicted molar refractivity (Wildman–Crippen MR) is 277 cm³/mol. The number of hydrogen-bond acceptors (Lipinski definition) is 6. The molecule has 68 heavy (non-hydrogen) atoms. The van der Waals surface area contributed by atoms with Gasteiger partial charge < -0.3 is 9.80 Å². The van der Waals surface area contributed by atoms with E-state index in [1.165, 1.54) is 44.5 Å². The van der Waals surface area contributed by atoms with Gasteiger partial charge >= 0.3 is 0 Å². The van der Waals surface area contributed by atoms with E-state index in [1.807, 2.05) is 0 Å². The van der Waals surface area contributed by atoms with Gasteiger partial charge in [-0.15, -0.1) is 0 Å². The summed E-state index contributed by atoms with van der Waals surface area (Å²) in [6, 6.07) is 73.3. The van der Waals surface area contributed by atoms with Crippen molar-refractivity contribution in [2.75, 3.05) is 19.6 Å². The molecule has 0 aliphatic carbocycles. The van der Waals surface area contributed by atoms with Crippen LogP contribution in [0, 0.1) is 11.3 Å². The number of para-hydroxylation sites is 8. The predicted octanol–water partition coefficient (Wildman–Crippen LogP) is 15.2. The summed E-state index contributed by atoms with van der Waals surface area (Å²) in [6.07, 6.45) is 6.95. The van der Waals surface area contributed by atoms with Crippen LogP contribution in [0.4, 0.5) is 68.5 Å². The lowest BCUT2D eigenvalue weighted by Gasteiger charge is -2.39. The van der Waals surface area contributed by atoms with E-state index >= 15 is 0 Å². The van der Waals surface area contributed by atoms with E-state index in [-0.39, 0.29) is 0 Å². The van der Waals surface area contributed by atoms with E-state index in [2.05, 4.69) is 220 Å². The molecule has 9 aromatic rings. The van der Waals surface area contributed by atoms with Crippen LogP contribution >= 0.6 is 0 Å². The van der Waals surface area contributed by atoms with Crippen molar-refractivity contribution in [3.8, 4) is 6.07 Å². The van der Waals surface area contributed by atoms with Crippen LogP contribution in [0.5, 0.6) is 0 Å². The van der Waals surface area contributed by atoms with Crippen molar-refractivity contribution in [2.45, 2.75) is 51.4 Å². The first-order valence-electron chi connectivity index (χ1n) is 24.1. The number of nitriles is 1. The molecule has 0 spiro atoms. The van der Waals surface area contributed by atoms with Crippen molar-refractivity contribution in [3.63, 3.8) is 0 Å². The lowest BCUT2D eigenvalue weighted by molar-refractivity contribution is 0.977. The Kier molecular flexibility index (Phi) is 9.68. The molecule has 8 aromatic carbocycles. The molecule has 1 aromatic heterocycles. The average molecular weight is 877 g/mol. The lowest BCUT2D eigenvalue weighted by atomic mass is 10.0. The third kappa shape index (κ3) is 6.42. The van der Waals surface area contributed by atoms with E-state index in [4.69, 9.17) is 4.98 Å². The van der Waals surface area contributed by atoms with Crippen molar-refractivity contribution in [1.29, 1.82) is 5.26 Å². The Bertz CT molecular complexity index is 3080. The lowest BCUT2D eigenvalue weighted by Crippen LogP contribution is -2.26. The summed E-state index contributed by atoms with van der Waals surface area (Å²) in [5, 5.41) is 12.7. The molecule has 4 aliphatic rings. The van der Waals surface area contributed by atoms with Crippen LogP contribution in [0.2, 0.25) is 0 Å². The zero-order valence-corrected chi connectivity index (χ0v) is 37.8. The fourth-order valence-electron chi connectivity index (χ4n) is 11.4. The summed E-state index contributed by atoms with van der Waals surface area (Å²) in [4.78, 5) is 15.9. The minimum Gasteiger partial charge on any atom is -0.305 e. The summed E-state index contributed by atoms with van der Waals surface area (Å²) in [5.74, 6) is 1.40. The molecule has 326 valence electrons. The van der Waals surface area contributed by atoms with Crippen molar-refractivity contribution in [2.24, 2.45) is 0 Å². The Balaban J connectivity index is 1.27. The smallest absolute Gasteiger partial charge is 0.166 e. The topological polar surface area (TPSA) is 49.6 Å². The quantitative estimate of drug-likeness (QED) is 0.176. The zero-order valence-electron chi connectivity index (χ0n) is 37.8. The molecule has 4 aliphatic heterocycles. The molecule has 0 N–H and O–H groups in total. The van der Waals surface area contributed by atoms with Gasteiger partial charge in [-0.1, -0.05) is 146 Å². The van der Waals surface area contributed by atoms with Crippen LogP contribution < -0.4 is 19.6 Å². The maximum absolute atomic E-state index is 12.7. The first-order valence-corrected chi connectivity index (χ1v) is 24.1. The van der Waals surface area contributed by atoms with Gasteiger partial charge in [-0.2, -0.15) is 5.26 Å². The van der Waals surface area contributed by atoms with Gasteiger partial charge in [-0.05, 0) is 144 Å². The number of hydrogen-bond donors (Lipinski definition) is 0. The Morgan fingerprint density at radius 2 is 0.471 bits per heavy atom. The van der Waals surface area contributed by atoms with E-state index in [0.717, 1.165) is 108 Å². The van der Waals surface area contributed by atoms with E-state index < -0.39 is 0 Å². The maximum Gasteiger partial charge on any atom is 0.166 e. The molecule has 0 bridgehead atoms. The Hall–Kier alpha value is -8.40. The fraction of sp³-hybridized carbons (Fsp3) is 0.129. The van der Waals surface area contributed by atoms with E-state index in [0.29, 0.717) is 17.2 Å². The number of rotatable bonds is 4. The number of benzene rings is 8. The molecule has 0 atom stereocenters. The van der Waals surface area contributed by atoms with Crippen LogP contribution in [-0.2, 0) is 51.4 Å². The maximum atomic E-state index is 12.7. The fourth-order valence-corrected chi connectivity index (χ4v) is 11.4. The van der Waals surface area contributed by atoms with Crippen molar-refractivity contribution in [3.05, 3.63) is 244 Å². The van der Waals surface area contributed by atoms with Crippen LogP contribution in [-0.4, -0.2) is 4.98 Å². The number of aryl methyl sites for hydroxylation is 8. The number of nitrogens with zero attached hydrogens (tertiary/aromatic N) is 6. The molecule has 6 heteroatoms. The highest BCUT2D eigenvalue weighted by atomic mass is 15.3. The van der Waals surface area contributed by atoms with E-state index in [1.54, 1.807) is 0 Å². The molecule has 5 heterocycles. The largest absolute Gasteiger partial charge is 0.305 e. The molecule has 0 saturated carbocycles. The Labute approximate surface area is 398 Å². The molecule has 0 unspecified atom stereocenters. The highest BCUT2D eigenvalue weighted by Crippen LogP contribution is 2.58. The highest BCUT2D eigenvalue weighted by molar-refractivity contribution is 6.04. The Morgan fingerprint density at radius 1 is 0.279 bits per heavy atom. The third-order valence-electron chi connectivity index (χ3n) is 14.6. The van der Waals surface area contributed by atoms with Gasteiger partial charge in [0.25, 0.3) is 0 Å². The second kappa shape index (κ2) is 16.5. The monoisotopic (exact) mass is 876 g/mol. The summed E-state index contributed by atoms with van der Waals surface area (Å²) >= 11 is 0. The molecule has 0 saturated heterocycles. The van der Waals surface area contributed by atoms with Crippen LogP contribution in [0.25, 0.3) is 0 Å². The van der Waals surface area contributed by atoms with Crippen molar-refractivity contribution < 1.29 is 0 Å². The van der Waals surface area contributed by atoms with Crippen LogP contribution in [0.3, 0.4) is 0 Å². The second-order valence-corrected chi connectivity index (χ2v) is 18.3. The number of aromatic nitrogens is 1. The summed E-state index contributed by atoms with van der Waals surface area (Å²) < 4.78 is 0. The van der Waals surface area contributed by atoms with Gasteiger partial charge in [0, 0.05) is 22.7 Å². The third-order valence-corrected chi connectivity index (χ3v) is 14.6. The zero-order chi connectivity index (χ0) is 45.1. The Morgan fingerprint density at radius 3 is 0.676 bits per heavy atom. The molecule has 13 rings (SSSR count). The van der Waals surface area contributed by atoms with Gasteiger partial charge in [0.2, 0.25) is 0 Å². The molecule has 6 nitrogen and oxygen atoms in total. The van der Waals surface area contributed by atoms with Gasteiger partial charge in [-0.3, -0.25) is 9.80 Å². The SMILES string of the molecule is N#Cc1c(N2c3ccccc3CCc3ccccc32)c(N2c3ccccc3CCc3ccccc32)nc(N2c3ccccc3CCc3ccccc32)c1N1c2ccccc2CCc2ccccc21. The molecule has 0 radical (unpaired) electrons. The second-order valence-electron chi connectivity index (χ2n) is 18.3. The molecule has 0 fully saturated rings. The van der Waals surface area contributed by atoms with Crippen LogP contribution in [0.15, 0.2) is 194 Å². The molecular formula is C62H48N6. The minimum atomic E-state index is 0.543.